The van der Waals surface area contributed by atoms with Gasteiger partial charge in [0.25, 0.3) is 0 Å². The number of ether oxygens (including phenoxy) is 1. The summed E-state index contributed by atoms with van der Waals surface area (Å²) < 4.78 is 5.41. The number of carbonyl (C=O) groups is 1. The summed E-state index contributed by atoms with van der Waals surface area (Å²) in [4.78, 5) is 22.6. The fraction of sp³-hybridized carbons (Fsp3) is 0.615. The van der Waals surface area contributed by atoms with E-state index in [4.69, 9.17) is 16.3 Å². The van der Waals surface area contributed by atoms with E-state index in [-0.39, 0.29) is 23.3 Å². The Morgan fingerprint density at radius 2 is 2.25 bits per heavy atom. The van der Waals surface area contributed by atoms with Crippen LogP contribution in [0.3, 0.4) is 0 Å². The fourth-order valence-electron chi connectivity index (χ4n) is 2.90. The van der Waals surface area contributed by atoms with E-state index in [1.54, 1.807) is 6.20 Å². The second kappa shape index (κ2) is 5.54. The van der Waals surface area contributed by atoms with Crippen molar-refractivity contribution in [2.24, 2.45) is 0 Å². The molecule has 20 heavy (non-hydrogen) atoms. The first-order valence-corrected chi connectivity index (χ1v) is 7.28. The number of anilines is 2. The van der Waals surface area contributed by atoms with E-state index < -0.39 is 0 Å². The molecule has 2 aliphatic rings. The van der Waals surface area contributed by atoms with E-state index in [2.05, 4.69) is 20.2 Å². The normalized spacial score (nSPS) is 23.4. The number of carbonyl (C=O) groups excluding carboxylic acids is 1. The van der Waals surface area contributed by atoms with Crippen molar-refractivity contribution in [3.8, 4) is 0 Å². The van der Waals surface area contributed by atoms with Gasteiger partial charge in [0.2, 0.25) is 11.2 Å². The molecule has 0 bridgehead atoms. The van der Waals surface area contributed by atoms with Crippen LogP contribution in [-0.2, 0) is 9.53 Å². The summed E-state index contributed by atoms with van der Waals surface area (Å²) in [5.74, 6) is 0.723. The van der Waals surface area contributed by atoms with Gasteiger partial charge in [0.15, 0.2) is 5.82 Å². The first-order valence-electron chi connectivity index (χ1n) is 6.90. The van der Waals surface area contributed by atoms with E-state index in [9.17, 15) is 4.79 Å². The predicted octanol–water partition coefficient (Wildman–Crippen LogP) is 1.85. The van der Waals surface area contributed by atoms with Gasteiger partial charge in [0.1, 0.15) is 11.7 Å². The zero-order chi connectivity index (χ0) is 14.1. The van der Waals surface area contributed by atoms with Crippen molar-refractivity contribution in [3.63, 3.8) is 0 Å². The number of amides is 1. The third-order valence-electron chi connectivity index (χ3n) is 3.85. The number of halogens is 1. The molecular formula is C13H17ClN4O2. The summed E-state index contributed by atoms with van der Waals surface area (Å²) in [5, 5.41) is 3.06. The van der Waals surface area contributed by atoms with Gasteiger partial charge in [0.05, 0.1) is 6.20 Å². The molecule has 1 amide bonds. The molecular weight excluding hydrogens is 280 g/mol. The number of nitrogens with one attached hydrogen (secondary N) is 1. The lowest BCUT2D eigenvalue weighted by Gasteiger charge is -2.43. The molecule has 0 aliphatic carbocycles. The topological polar surface area (TPSA) is 67.4 Å². The number of rotatable bonds is 2. The summed E-state index contributed by atoms with van der Waals surface area (Å²) >= 11 is 5.92. The first-order chi connectivity index (χ1) is 9.70. The summed E-state index contributed by atoms with van der Waals surface area (Å²) in [6.45, 7) is 3.44. The first kappa shape index (κ1) is 13.6. The molecule has 0 aromatic carbocycles. The smallest absolute Gasteiger partial charge is 0.247 e. The van der Waals surface area contributed by atoms with Crippen LogP contribution < -0.4 is 10.2 Å². The molecule has 1 aromatic heterocycles. The number of aromatic nitrogens is 2. The highest BCUT2D eigenvalue weighted by molar-refractivity contribution is 6.28. The van der Waals surface area contributed by atoms with Gasteiger partial charge in [-0.1, -0.05) is 6.92 Å². The van der Waals surface area contributed by atoms with Gasteiger partial charge in [-0.2, -0.15) is 4.98 Å². The second-order valence-electron chi connectivity index (χ2n) is 5.04. The lowest BCUT2D eigenvalue weighted by Crippen LogP contribution is -2.54. The molecule has 7 heteroatoms. The van der Waals surface area contributed by atoms with Gasteiger partial charge >= 0.3 is 0 Å². The molecule has 1 fully saturated rings. The van der Waals surface area contributed by atoms with Crippen molar-refractivity contribution in [2.75, 3.05) is 23.4 Å². The molecule has 108 valence electrons. The molecule has 3 heterocycles. The van der Waals surface area contributed by atoms with Crippen molar-refractivity contribution in [3.05, 3.63) is 11.5 Å². The lowest BCUT2D eigenvalue weighted by atomic mass is 10.0. The summed E-state index contributed by atoms with van der Waals surface area (Å²) in [5.41, 5.74) is 0.635. The van der Waals surface area contributed by atoms with Crippen LogP contribution >= 0.6 is 11.6 Å². The Bertz CT molecular complexity index is 519. The molecule has 6 nitrogen and oxygen atoms in total. The molecule has 1 saturated heterocycles. The van der Waals surface area contributed by atoms with Crippen LogP contribution in [0.15, 0.2) is 6.20 Å². The number of fused-ring (bicyclic) bond motifs is 1. The Kier molecular flexibility index (Phi) is 3.76. The third-order valence-corrected chi connectivity index (χ3v) is 4.03. The zero-order valence-electron chi connectivity index (χ0n) is 11.3. The second-order valence-corrected chi connectivity index (χ2v) is 5.38. The Balaban J connectivity index is 2.02. The van der Waals surface area contributed by atoms with Gasteiger partial charge in [-0.3, -0.25) is 4.79 Å². The molecule has 0 unspecified atom stereocenters. The average Bonchev–Trinajstić information content (AvgIpc) is 2.47. The number of nitrogens with zero attached hydrogens (tertiary/aromatic N) is 3. The van der Waals surface area contributed by atoms with Crippen LogP contribution in [0.5, 0.6) is 0 Å². The Morgan fingerprint density at radius 3 is 2.95 bits per heavy atom. The van der Waals surface area contributed by atoms with E-state index in [1.807, 2.05) is 6.92 Å². The van der Waals surface area contributed by atoms with Gasteiger partial charge in [0, 0.05) is 19.3 Å². The molecule has 0 saturated carbocycles. The number of hydrogen-bond acceptors (Lipinski definition) is 5. The Labute approximate surface area is 122 Å². The number of hydrogen-bond donors (Lipinski definition) is 1. The van der Waals surface area contributed by atoms with Gasteiger partial charge in [-0.05, 0) is 30.9 Å². The van der Waals surface area contributed by atoms with Gasteiger partial charge < -0.3 is 15.0 Å². The highest BCUT2D eigenvalue weighted by Crippen LogP contribution is 2.35. The van der Waals surface area contributed by atoms with E-state index in [1.165, 1.54) is 0 Å². The molecule has 2 aliphatic heterocycles. The van der Waals surface area contributed by atoms with Crippen molar-refractivity contribution in [1.29, 1.82) is 0 Å². The lowest BCUT2D eigenvalue weighted by molar-refractivity contribution is -0.118. The predicted molar refractivity (Wildman–Crippen MR) is 76.1 cm³/mol. The van der Waals surface area contributed by atoms with Gasteiger partial charge in [-0.15, -0.1) is 0 Å². The Hall–Kier alpha value is -1.40. The van der Waals surface area contributed by atoms with Crippen LogP contribution in [0, 0.1) is 0 Å². The largest absolute Gasteiger partial charge is 0.381 e. The minimum atomic E-state index is -0.212. The highest BCUT2D eigenvalue weighted by Gasteiger charge is 2.38. The maximum atomic E-state index is 12.3. The molecule has 0 radical (unpaired) electrons. The van der Waals surface area contributed by atoms with Crippen molar-refractivity contribution >= 4 is 29.0 Å². The minimum Gasteiger partial charge on any atom is -0.381 e. The fourth-order valence-corrected chi connectivity index (χ4v) is 3.03. The van der Waals surface area contributed by atoms with Crippen molar-refractivity contribution in [1.82, 2.24) is 9.97 Å². The van der Waals surface area contributed by atoms with E-state index >= 15 is 0 Å². The summed E-state index contributed by atoms with van der Waals surface area (Å²) in [6, 6.07) is 0.0426. The maximum absolute atomic E-state index is 12.3. The Morgan fingerprint density at radius 1 is 1.50 bits per heavy atom. The molecule has 1 aromatic rings. The van der Waals surface area contributed by atoms with Crippen LogP contribution in [-0.4, -0.2) is 41.2 Å². The molecule has 1 N–H and O–H groups in total. The maximum Gasteiger partial charge on any atom is 0.247 e. The van der Waals surface area contributed by atoms with Crippen LogP contribution in [0.2, 0.25) is 5.28 Å². The summed E-state index contributed by atoms with van der Waals surface area (Å²) in [7, 11) is 0. The zero-order valence-corrected chi connectivity index (χ0v) is 12.1. The average molecular weight is 297 g/mol. The molecule has 1 atom stereocenters. The third kappa shape index (κ3) is 2.33. The van der Waals surface area contributed by atoms with Gasteiger partial charge in [-0.25, -0.2) is 4.98 Å². The molecule has 0 spiro atoms. The summed E-state index contributed by atoms with van der Waals surface area (Å²) in [6.07, 6.45) is 4.08. The minimum absolute atomic E-state index is 0.00239. The molecule has 3 rings (SSSR count). The van der Waals surface area contributed by atoms with Crippen LogP contribution in [0.1, 0.15) is 26.2 Å². The monoisotopic (exact) mass is 296 g/mol. The van der Waals surface area contributed by atoms with E-state index in [0.29, 0.717) is 18.9 Å². The quantitative estimate of drug-likeness (QED) is 0.844. The SMILES string of the molecule is CC[C@@H]1C(=O)Nc2cnc(Cl)nc2N1C1CCOCC1. The van der Waals surface area contributed by atoms with Crippen molar-refractivity contribution in [2.45, 2.75) is 38.3 Å². The van der Waals surface area contributed by atoms with Crippen molar-refractivity contribution < 1.29 is 9.53 Å². The van der Waals surface area contributed by atoms with Crippen LogP contribution in [0.4, 0.5) is 11.5 Å². The highest BCUT2D eigenvalue weighted by atomic mass is 35.5. The van der Waals surface area contributed by atoms with Crippen LogP contribution in [0.25, 0.3) is 0 Å². The standard InChI is InChI=1S/C13H17ClN4O2/c1-2-10-12(19)16-9-7-15-13(14)17-11(9)18(10)8-3-5-20-6-4-8/h7-8,10H,2-6H2,1H3,(H,16,19)/t10-/m1/s1. The van der Waals surface area contributed by atoms with E-state index in [0.717, 1.165) is 25.1 Å².